The maximum atomic E-state index is 12.1. The van der Waals surface area contributed by atoms with E-state index in [1.165, 1.54) is 4.90 Å². The minimum Gasteiger partial charge on any atom is -0.348 e. The summed E-state index contributed by atoms with van der Waals surface area (Å²) in [7, 11) is 3.41. The van der Waals surface area contributed by atoms with Gasteiger partial charge in [-0.25, -0.2) is 0 Å². The minimum absolute atomic E-state index is 0.0616. The van der Waals surface area contributed by atoms with Crippen LogP contribution in [0.2, 0.25) is 0 Å². The number of carbonyl (C=O) groups is 2. The molecule has 0 spiro atoms. The summed E-state index contributed by atoms with van der Waals surface area (Å²) in [4.78, 5) is 25.4. The largest absolute Gasteiger partial charge is 0.348 e. The zero-order valence-corrected chi connectivity index (χ0v) is 12.0. The van der Waals surface area contributed by atoms with Gasteiger partial charge in [0.15, 0.2) is 0 Å². The third-order valence-electron chi connectivity index (χ3n) is 3.43. The summed E-state index contributed by atoms with van der Waals surface area (Å²) in [6.07, 6.45) is 2.09. The average molecular weight is 275 g/mol. The van der Waals surface area contributed by atoms with E-state index in [1.807, 2.05) is 0 Å². The molecule has 0 aliphatic carbocycles. The Labute approximate surface area is 119 Å². The number of amides is 2. The molecule has 5 nitrogen and oxygen atoms in total. The Bertz CT molecular complexity index is 476. The Morgan fingerprint density at radius 1 is 1.20 bits per heavy atom. The lowest BCUT2D eigenvalue weighted by Gasteiger charge is -2.23. The maximum Gasteiger partial charge on any atom is 0.253 e. The number of benzene rings is 1. The summed E-state index contributed by atoms with van der Waals surface area (Å²) in [5.74, 6) is -0.143. The summed E-state index contributed by atoms with van der Waals surface area (Å²) in [6, 6.07) is 6.97. The van der Waals surface area contributed by atoms with Gasteiger partial charge in [0, 0.05) is 37.8 Å². The molecule has 1 aliphatic heterocycles. The van der Waals surface area contributed by atoms with Gasteiger partial charge in [-0.3, -0.25) is 9.59 Å². The van der Waals surface area contributed by atoms with E-state index in [0.717, 1.165) is 25.9 Å². The summed E-state index contributed by atoms with van der Waals surface area (Å²) >= 11 is 0. The number of carbonyl (C=O) groups excluding carboxylic acids is 2. The van der Waals surface area contributed by atoms with Crippen molar-refractivity contribution < 1.29 is 9.59 Å². The van der Waals surface area contributed by atoms with Crippen molar-refractivity contribution in [3.05, 3.63) is 35.4 Å². The van der Waals surface area contributed by atoms with E-state index < -0.39 is 0 Å². The van der Waals surface area contributed by atoms with Crippen LogP contribution < -0.4 is 10.6 Å². The van der Waals surface area contributed by atoms with Gasteiger partial charge in [-0.05, 0) is 43.7 Å². The lowest BCUT2D eigenvalue weighted by Crippen LogP contribution is -2.45. The average Bonchev–Trinajstić information content (AvgIpc) is 2.47. The van der Waals surface area contributed by atoms with Crippen molar-refractivity contribution in [3.63, 3.8) is 0 Å². The van der Waals surface area contributed by atoms with E-state index in [1.54, 1.807) is 38.4 Å². The van der Waals surface area contributed by atoms with Gasteiger partial charge in [0.2, 0.25) is 0 Å². The zero-order chi connectivity index (χ0) is 14.5. The van der Waals surface area contributed by atoms with Crippen LogP contribution >= 0.6 is 0 Å². The van der Waals surface area contributed by atoms with Crippen LogP contribution in [-0.2, 0) is 0 Å². The summed E-state index contributed by atoms with van der Waals surface area (Å²) in [5, 5.41) is 6.27. The Hall–Kier alpha value is -1.88. The van der Waals surface area contributed by atoms with E-state index in [4.69, 9.17) is 0 Å². The second-order valence-corrected chi connectivity index (χ2v) is 5.29. The van der Waals surface area contributed by atoms with Crippen LogP contribution in [0.4, 0.5) is 0 Å². The molecule has 0 unspecified atom stereocenters. The molecule has 108 valence electrons. The first kappa shape index (κ1) is 14.5. The molecule has 5 heteroatoms. The van der Waals surface area contributed by atoms with Crippen LogP contribution in [0.1, 0.15) is 33.6 Å². The molecule has 0 radical (unpaired) electrons. The zero-order valence-electron chi connectivity index (χ0n) is 12.0. The fourth-order valence-electron chi connectivity index (χ4n) is 2.27. The van der Waals surface area contributed by atoms with Crippen LogP contribution in [-0.4, -0.2) is 49.9 Å². The van der Waals surface area contributed by atoms with Gasteiger partial charge in [0.1, 0.15) is 0 Å². The van der Waals surface area contributed by atoms with Crippen molar-refractivity contribution in [3.8, 4) is 0 Å². The number of piperidine rings is 1. The smallest absolute Gasteiger partial charge is 0.253 e. The van der Waals surface area contributed by atoms with E-state index >= 15 is 0 Å². The topological polar surface area (TPSA) is 61.4 Å². The number of hydrogen-bond acceptors (Lipinski definition) is 3. The first-order valence-electron chi connectivity index (χ1n) is 6.91. The van der Waals surface area contributed by atoms with Gasteiger partial charge in [0.25, 0.3) is 11.8 Å². The molecule has 0 aromatic heterocycles. The lowest BCUT2D eigenvalue weighted by molar-refractivity contribution is 0.0826. The monoisotopic (exact) mass is 275 g/mol. The molecule has 1 heterocycles. The third-order valence-corrected chi connectivity index (χ3v) is 3.43. The second-order valence-electron chi connectivity index (χ2n) is 5.29. The normalized spacial score (nSPS) is 18.4. The van der Waals surface area contributed by atoms with Gasteiger partial charge in [-0.1, -0.05) is 0 Å². The van der Waals surface area contributed by atoms with Crippen LogP contribution in [0.3, 0.4) is 0 Å². The highest BCUT2D eigenvalue weighted by molar-refractivity contribution is 5.97. The fraction of sp³-hybridized carbons (Fsp3) is 0.467. The first-order valence-corrected chi connectivity index (χ1v) is 6.91. The first-order chi connectivity index (χ1) is 9.58. The Balaban J connectivity index is 1.98. The standard InChI is InChI=1S/C15H21N3O2/c1-18(2)15(20)12-7-5-11(6-8-12)14(19)17-13-4-3-9-16-10-13/h5-8,13,16H,3-4,9-10H2,1-2H3,(H,17,19)/t13-/m0/s1. The third kappa shape index (κ3) is 3.57. The van der Waals surface area contributed by atoms with Gasteiger partial charge < -0.3 is 15.5 Å². The van der Waals surface area contributed by atoms with Crippen molar-refractivity contribution in [1.82, 2.24) is 15.5 Å². The van der Waals surface area contributed by atoms with Crippen molar-refractivity contribution in [2.75, 3.05) is 27.2 Å². The molecule has 1 aromatic rings. The second kappa shape index (κ2) is 6.52. The quantitative estimate of drug-likeness (QED) is 0.860. The van der Waals surface area contributed by atoms with Gasteiger partial charge >= 0.3 is 0 Å². The van der Waals surface area contributed by atoms with E-state index in [9.17, 15) is 9.59 Å². The van der Waals surface area contributed by atoms with Crippen LogP contribution in [0, 0.1) is 0 Å². The maximum absolute atomic E-state index is 12.1. The van der Waals surface area contributed by atoms with Crippen molar-refractivity contribution in [2.24, 2.45) is 0 Å². The molecular weight excluding hydrogens is 254 g/mol. The molecule has 2 N–H and O–H groups in total. The van der Waals surface area contributed by atoms with Gasteiger partial charge in [-0.2, -0.15) is 0 Å². The van der Waals surface area contributed by atoms with Crippen LogP contribution in [0.25, 0.3) is 0 Å². The molecule has 20 heavy (non-hydrogen) atoms. The fourth-order valence-corrected chi connectivity index (χ4v) is 2.27. The summed E-state index contributed by atoms with van der Waals surface area (Å²) < 4.78 is 0. The Morgan fingerprint density at radius 3 is 2.40 bits per heavy atom. The minimum atomic E-state index is -0.0810. The highest BCUT2D eigenvalue weighted by Gasteiger charge is 2.16. The number of rotatable bonds is 3. The van der Waals surface area contributed by atoms with Gasteiger partial charge in [0.05, 0.1) is 0 Å². The number of hydrogen-bond donors (Lipinski definition) is 2. The molecule has 1 saturated heterocycles. The van der Waals surface area contributed by atoms with Crippen LogP contribution in [0.5, 0.6) is 0 Å². The molecule has 0 saturated carbocycles. The van der Waals surface area contributed by atoms with E-state index in [2.05, 4.69) is 10.6 Å². The SMILES string of the molecule is CN(C)C(=O)c1ccc(C(=O)N[C@H]2CCCNC2)cc1. The van der Waals surface area contributed by atoms with E-state index in [0.29, 0.717) is 11.1 Å². The lowest BCUT2D eigenvalue weighted by atomic mass is 10.1. The molecule has 1 aromatic carbocycles. The molecule has 1 aliphatic rings. The molecule has 1 fully saturated rings. The van der Waals surface area contributed by atoms with Crippen molar-refractivity contribution in [1.29, 1.82) is 0 Å². The van der Waals surface area contributed by atoms with Crippen molar-refractivity contribution in [2.45, 2.75) is 18.9 Å². The van der Waals surface area contributed by atoms with Gasteiger partial charge in [-0.15, -0.1) is 0 Å². The highest BCUT2D eigenvalue weighted by atomic mass is 16.2. The Kier molecular flexibility index (Phi) is 4.74. The molecule has 2 amide bonds. The molecule has 0 bridgehead atoms. The predicted molar refractivity (Wildman–Crippen MR) is 77.8 cm³/mol. The molecule has 2 rings (SSSR count). The summed E-state index contributed by atoms with van der Waals surface area (Å²) in [5.41, 5.74) is 1.18. The van der Waals surface area contributed by atoms with Crippen LogP contribution in [0.15, 0.2) is 24.3 Å². The molecule has 1 atom stereocenters. The molecular formula is C15H21N3O2. The predicted octanol–water partition coefficient (Wildman–Crippen LogP) is 0.870. The Morgan fingerprint density at radius 2 is 1.85 bits per heavy atom. The summed E-state index contributed by atoms with van der Waals surface area (Å²) in [6.45, 7) is 1.84. The van der Waals surface area contributed by atoms with E-state index in [-0.39, 0.29) is 17.9 Å². The van der Waals surface area contributed by atoms with Crippen molar-refractivity contribution >= 4 is 11.8 Å². The number of nitrogens with one attached hydrogen (secondary N) is 2. The number of nitrogens with zero attached hydrogens (tertiary/aromatic N) is 1. The highest BCUT2D eigenvalue weighted by Crippen LogP contribution is 2.08.